The fourth-order valence-electron chi connectivity index (χ4n) is 3.56. The lowest BCUT2D eigenvalue weighted by Crippen LogP contribution is -2.41. The number of halogens is 1. The minimum Gasteiger partial charge on any atom is -0.497 e. The van der Waals surface area contributed by atoms with Crippen molar-refractivity contribution in [3.63, 3.8) is 0 Å². The highest BCUT2D eigenvalue weighted by Crippen LogP contribution is 2.41. The molecule has 2 aromatic rings. The second kappa shape index (κ2) is 10.5. The van der Waals surface area contributed by atoms with Crippen molar-refractivity contribution in [1.29, 1.82) is 0 Å². The molecule has 1 heterocycles. The summed E-state index contributed by atoms with van der Waals surface area (Å²) in [5.74, 6) is 0.306. The Morgan fingerprint density at radius 2 is 1.59 bits per heavy atom. The number of carbonyl (C=O) groups is 1. The Bertz CT molecular complexity index is 987. The van der Waals surface area contributed by atoms with Gasteiger partial charge in [-0.15, -0.1) is 6.58 Å². The van der Waals surface area contributed by atoms with E-state index in [1.807, 2.05) is 52.0 Å². The number of hydrogen-bond donors (Lipinski definition) is 0. The fourth-order valence-corrected chi connectivity index (χ4v) is 3.69. The molecule has 0 radical (unpaired) electrons. The average molecular weight is 487 g/mol. The first-order valence-electron chi connectivity index (χ1n) is 11.1. The van der Waals surface area contributed by atoms with Gasteiger partial charge in [-0.3, -0.25) is 4.79 Å². The molecule has 0 amide bonds. The van der Waals surface area contributed by atoms with Gasteiger partial charge in [0.15, 0.2) is 6.10 Å². The third kappa shape index (κ3) is 6.02. The van der Waals surface area contributed by atoms with Crippen LogP contribution in [0.3, 0.4) is 0 Å². The van der Waals surface area contributed by atoms with Crippen molar-refractivity contribution in [1.82, 2.24) is 0 Å². The number of hydrogen-bond acceptors (Lipinski definition) is 6. The van der Waals surface area contributed by atoms with Crippen LogP contribution in [-0.2, 0) is 30.2 Å². The fraction of sp³-hybridized carbons (Fsp3) is 0.423. The summed E-state index contributed by atoms with van der Waals surface area (Å²) in [6.45, 7) is 13.8. The molecule has 0 aromatic heterocycles. The van der Waals surface area contributed by atoms with Crippen molar-refractivity contribution in [3.8, 4) is 5.75 Å². The standard InChI is InChI=1S/C26H32BClO6/c1-17(27-33-25(3,4)26(5,6)34-27)23(31-16-19-8-14-22(30-7)15-9-19)24(32-18(2)29)20-10-12-21(28)13-11-20/h8-15,23-24H,1,16H2,2-7H3/t23-,24+/m1/s1. The summed E-state index contributed by atoms with van der Waals surface area (Å²) in [4.78, 5) is 12.1. The third-order valence-electron chi connectivity index (χ3n) is 6.28. The Labute approximate surface area is 207 Å². The molecule has 3 rings (SSSR count). The van der Waals surface area contributed by atoms with Gasteiger partial charge in [-0.25, -0.2) is 0 Å². The predicted octanol–water partition coefficient (Wildman–Crippen LogP) is 5.73. The van der Waals surface area contributed by atoms with Crippen LogP contribution in [0.2, 0.25) is 5.02 Å². The molecular weight excluding hydrogens is 455 g/mol. The van der Waals surface area contributed by atoms with Crippen LogP contribution in [0.5, 0.6) is 5.75 Å². The topological polar surface area (TPSA) is 63.2 Å². The zero-order valence-corrected chi connectivity index (χ0v) is 21.3. The highest BCUT2D eigenvalue weighted by molar-refractivity contribution is 6.54. The summed E-state index contributed by atoms with van der Waals surface area (Å²) in [6, 6.07) is 14.6. The van der Waals surface area contributed by atoms with E-state index < -0.39 is 36.5 Å². The first-order chi connectivity index (χ1) is 15.9. The lowest BCUT2D eigenvalue weighted by molar-refractivity contribution is -0.154. The highest BCUT2D eigenvalue weighted by atomic mass is 35.5. The molecule has 1 fully saturated rings. The molecule has 182 valence electrons. The van der Waals surface area contributed by atoms with Crippen molar-refractivity contribution >= 4 is 24.7 Å². The highest BCUT2D eigenvalue weighted by Gasteiger charge is 2.54. The van der Waals surface area contributed by atoms with Crippen LogP contribution in [0.15, 0.2) is 60.6 Å². The van der Waals surface area contributed by atoms with Crippen molar-refractivity contribution in [2.24, 2.45) is 0 Å². The number of esters is 1. The summed E-state index contributed by atoms with van der Waals surface area (Å²) in [5, 5.41) is 0.575. The maximum absolute atomic E-state index is 12.1. The van der Waals surface area contributed by atoms with Gasteiger partial charge in [-0.05, 0) is 68.6 Å². The van der Waals surface area contributed by atoms with Crippen LogP contribution in [-0.4, -0.2) is 37.5 Å². The monoisotopic (exact) mass is 486 g/mol. The van der Waals surface area contributed by atoms with Crippen LogP contribution in [0.1, 0.15) is 51.8 Å². The molecule has 0 saturated carbocycles. The second-order valence-electron chi connectivity index (χ2n) is 9.32. The van der Waals surface area contributed by atoms with Gasteiger partial charge in [0.05, 0.1) is 24.9 Å². The molecule has 1 aliphatic rings. The third-order valence-corrected chi connectivity index (χ3v) is 6.53. The molecule has 0 bridgehead atoms. The average Bonchev–Trinajstić information content (AvgIpc) is 3.00. The van der Waals surface area contributed by atoms with Gasteiger partial charge in [0.25, 0.3) is 0 Å². The van der Waals surface area contributed by atoms with E-state index in [1.54, 1.807) is 31.4 Å². The first-order valence-corrected chi connectivity index (χ1v) is 11.5. The maximum atomic E-state index is 12.1. The van der Waals surface area contributed by atoms with Crippen molar-refractivity contribution in [2.75, 3.05) is 7.11 Å². The van der Waals surface area contributed by atoms with E-state index in [-0.39, 0.29) is 6.61 Å². The number of rotatable bonds is 9. The van der Waals surface area contributed by atoms with Crippen molar-refractivity contribution in [3.05, 3.63) is 76.7 Å². The second-order valence-corrected chi connectivity index (χ2v) is 9.76. The largest absolute Gasteiger partial charge is 0.497 e. The molecule has 1 aliphatic heterocycles. The summed E-state index contributed by atoms with van der Waals surface area (Å²) < 4.78 is 29.8. The van der Waals surface area contributed by atoms with Gasteiger partial charge in [-0.2, -0.15) is 0 Å². The van der Waals surface area contributed by atoms with E-state index in [2.05, 4.69) is 6.58 Å². The molecule has 0 N–H and O–H groups in total. The summed E-state index contributed by atoms with van der Waals surface area (Å²) in [5.41, 5.74) is 1.05. The lowest BCUT2D eigenvalue weighted by atomic mass is 9.73. The minimum atomic E-state index is -0.778. The predicted molar refractivity (Wildman–Crippen MR) is 133 cm³/mol. The number of ether oxygens (including phenoxy) is 3. The van der Waals surface area contributed by atoms with E-state index in [0.29, 0.717) is 10.5 Å². The summed E-state index contributed by atoms with van der Waals surface area (Å²) in [7, 11) is 0.877. The molecule has 0 aliphatic carbocycles. The number of benzene rings is 2. The van der Waals surface area contributed by atoms with Gasteiger partial charge < -0.3 is 23.5 Å². The maximum Gasteiger partial charge on any atom is 0.492 e. The molecule has 0 unspecified atom stereocenters. The zero-order chi connectivity index (χ0) is 25.1. The normalized spacial score (nSPS) is 18.3. The van der Waals surface area contributed by atoms with Crippen LogP contribution in [0, 0.1) is 0 Å². The van der Waals surface area contributed by atoms with Crippen LogP contribution in [0.4, 0.5) is 0 Å². The summed E-state index contributed by atoms with van der Waals surface area (Å²) in [6.07, 6.45) is -1.53. The molecule has 1 saturated heterocycles. The zero-order valence-electron chi connectivity index (χ0n) is 20.6. The van der Waals surface area contributed by atoms with Crippen molar-refractivity contribution in [2.45, 2.75) is 64.6 Å². The number of carbonyl (C=O) groups excluding carboxylic acids is 1. The van der Waals surface area contributed by atoms with Crippen molar-refractivity contribution < 1.29 is 28.3 Å². The van der Waals surface area contributed by atoms with E-state index in [1.165, 1.54) is 6.92 Å². The molecule has 34 heavy (non-hydrogen) atoms. The van der Waals surface area contributed by atoms with Gasteiger partial charge in [0.2, 0.25) is 0 Å². The Kier molecular flexibility index (Phi) is 8.14. The molecule has 2 atom stereocenters. The molecule has 2 aromatic carbocycles. The van der Waals surface area contributed by atoms with Gasteiger partial charge in [0.1, 0.15) is 11.9 Å². The van der Waals surface area contributed by atoms with Gasteiger partial charge in [-0.1, -0.05) is 35.9 Å². The molecule has 6 nitrogen and oxygen atoms in total. The van der Waals surface area contributed by atoms with E-state index in [0.717, 1.165) is 16.9 Å². The Morgan fingerprint density at radius 1 is 1.03 bits per heavy atom. The Hall–Kier alpha value is -2.32. The van der Waals surface area contributed by atoms with E-state index in [9.17, 15) is 4.79 Å². The summed E-state index contributed by atoms with van der Waals surface area (Å²) >= 11 is 6.09. The van der Waals surface area contributed by atoms with E-state index >= 15 is 0 Å². The van der Waals surface area contributed by atoms with Gasteiger partial charge >= 0.3 is 13.1 Å². The Balaban J connectivity index is 1.93. The van der Waals surface area contributed by atoms with Crippen LogP contribution in [0.25, 0.3) is 0 Å². The molecule has 0 spiro atoms. The van der Waals surface area contributed by atoms with E-state index in [4.69, 9.17) is 35.1 Å². The van der Waals surface area contributed by atoms with Crippen LogP contribution >= 0.6 is 11.6 Å². The minimum absolute atomic E-state index is 0.249. The lowest BCUT2D eigenvalue weighted by Gasteiger charge is -2.32. The quantitative estimate of drug-likeness (QED) is 0.333. The molecule has 8 heteroatoms. The first kappa shape index (κ1) is 26.3. The molecular formula is C26H32BClO6. The number of methoxy groups -OCH3 is 1. The van der Waals surface area contributed by atoms with Crippen LogP contribution < -0.4 is 4.74 Å². The van der Waals surface area contributed by atoms with Gasteiger partial charge in [0, 0.05) is 11.9 Å². The Morgan fingerprint density at radius 3 is 2.09 bits per heavy atom. The SMILES string of the molecule is C=C(B1OC(C)(C)C(C)(C)O1)[C@@H](OCc1ccc(OC)cc1)[C@@H](OC(C)=O)c1ccc(Cl)cc1. The smallest absolute Gasteiger partial charge is 0.492 e.